The van der Waals surface area contributed by atoms with Gasteiger partial charge in [-0.1, -0.05) is 17.7 Å². The molecule has 2 N–H and O–H groups in total. The van der Waals surface area contributed by atoms with Crippen LogP contribution in [0.4, 0.5) is 16.2 Å². The molecule has 1 aliphatic heterocycles. The molecule has 3 amide bonds. The predicted molar refractivity (Wildman–Crippen MR) is 108 cm³/mol. The molecule has 2 aromatic carbocycles. The number of urea groups is 1. The molecule has 0 unspecified atom stereocenters. The van der Waals surface area contributed by atoms with E-state index in [1.54, 1.807) is 30.2 Å². The first kappa shape index (κ1) is 19.5. The molecule has 0 aromatic heterocycles. The van der Waals surface area contributed by atoms with Gasteiger partial charge < -0.3 is 25.0 Å². The number of benzene rings is 2. The SMILES string of the molecule is COc1ccc(OC)c(NC(=O)[C@@H]2CCCN2C(=O)Nc2ccc(C)cc2)c1. The lowest BCUT2D eigenvalue weighted by molar-refractivity contribution is -0.119. The first-order valence-corrected chi connectivity index (χ1v) is 9.19. The Kier molecular flexibility index (Phi) is 6.03. The highest BCUT2D eigenvalue weighted by Crippen LogP contribution is 2.30. The van der Waals surface area contributed by atoms with Crippen LogP contribution < -0.4 is 20.1 Å². The van der Waals surface area contributed by atoms with E-state index in [0.29, 0.717) is 35.8 Å². The highest BCUT2D eigenvalue weighted by atomic mass is 16.5. The third kappa shape index (κ3) is 4.36. The molecule has 1 heterocycles. The average molecular weight is 383 g/mol. The van der Waals surface area contributed by atoms with E-state index in [9.17, 15) is 9.59 Å². The first-order chi connectivity index (χ1) is 13.5. The van der Waals surface area contributed by atoms with Crippen molar-refractivity contribution in [2.45, 2.75) is 25.8 Å². The summed E-state index contributed by atoms with van der Waals surface area (Å²) in [6.07, 6.45) is 1.38. The zero-order valence-corrected chi connectivity index (χ0v) is 16.3. The van der Waals surface area contributed by atoms with Crippen molar-refractivity contribution in [3.8, 4) is 11.5 Å². The van der Waals surface area contributed by atoms with Crippen molar-refractivity contribution in [2.24, 2.45) is 0 Å². The fourth-order valence-corrected chi connectivity index (χ4v) is 3.24. The van der Waals surface area contributed by atoms with Crippen LogP contribution in [0, 0.1) is 6.92 Å². The molecular formula is C21H25N3O4. The number of nitrogens with zero attached hydrogens (tertiary/aromatic N) is 1. The molecule has 1 saturated heterocycles. The summed E-state index contributed by atoms with van der Waals surface area (Å²) >= 11 is 0. The summed E-state index contributed by atoms with van der Waals surface area (Å²) in [4.78, 5) is 27.1. The van der Waals surface area contributed by atoms with Gasteiger partial charge in [-0.3, -0.25) is 4.79 Å². The van der Waals surface area contributed by atoms with Gasteiger partial charge in [-0.25, -0.2) is 4.79 Å². The number of anilines is 2. The average Bonchev–Trinajstić information content (AvgIpc) is 3.20. The second-order valence-electron chi connectivity index (χ2n) is 6.70. The second kappa shape index (κ2) is 8.65. The lowest BCUT2D eigenvalue weighted by atomic mass is 10.2. The zero-order valence-electron chi connectivity index (χ0n) is 16.3. The van der Waals surface area contributed by atoms with Crippen LogP contribution in [0.15, 0.2) is 42.5 Å². The lowest BCUT2D eigenvalue weighted by Gasteiger charge is -2.24. The second-order valence-corrected chi connectivity index (χ2v) is 6.70. The van der Waals surface area contributed by atoms with Crippen LogP contribution >= 0.6 is 0 Å². The molecular weight excluding hydrogens is 358 g/mol. The first-order valence-electron chi connectivity index (χ1n) is 9.19. The van der Waals surface area contributed by atoms with Crippen LogP contribution in [0.3, 0.4) is 0 Å². The Morgan fingerprint density at radius 2 is 1.79 bits per heavy atom. The maximum Gasteiger partial charge on any atom is 0.322 e. The van der Waals surface area contributed by atoms with Crippen molar-refractivity contribution in [1.82, 2.24) is 4.90 Å². The normalized spacial score (nSPS) is 15.8. The van der Waals surface area contributed by atoms with Crippen molar-refractivity contribution in [2.75, 3.05) is 31.4 Å². The number of carbonyl (C=O) groups excluding carboxylic acids is 2. The predicted octanol–water partition coefficient (Wildman–Crippen LogP) is 3.65. The van der Waals surface area contributed by atoms with E-state index in [-0.39, 0.29) is 11.9 Å². The number of nitrogens with one attached hydrogen (secondary N) is 2. The highest BCUT2D eigenvalue weighted by molar-refractivity contribution is 6.00. The topological polar surface area (TPSA) is 79.9 Å². The van der Waals surface area contributed by atoms with Crippen LogP contribution in [0.1, 0.15) is 18.4 Å². The third-order valence-corrected chi connectivity index (χ3v) is 4.78. The molecule has 3 rings (SSSR count). The van der Waals surface area contributed by atoms with Crippen molar-refractivity contribution in [3.05, 3.63) is 48.0 Å². The van der Waals surface area contributed by atoms with Gasteiger partial charge in [-0.15, -0.1) is 0 Å². The maximum atomic E-state index is 12.9. The minimum Gasteiger partial charge on any atom is -0.497 e. The molecule has 148 valence electrons. The number of likely N-dealkylation sites (tertiary alicyclic amines) is 1. The maximum absolute atomic E-state index is 12.9. The van der Waals surface area contributed by atoms with E-state index in [1.165, 1.54) is 7.11 Å². The fraction of sp³-hybridized carbons (Fsp3) is 0.333. The van der Waals surface area contributed by atoms with Gasteiger partial charge in [0.15, 0.2) is 0 Å². The standard InChI is InChI=1S/C21H25N3O4/c1-14-6-8-15(9-7-14)22-21(26)24-12-4-5-18(24)20(25)23-17-13-16(27-2)10-11-19(17)28-3/h6-11,13,18H,4-5,12H2,1-3H3,(H,22,26)(H,23,25)/t18-/m0/s1. The minimum absolute atomic E-state index is 0.247. The Bertz CT molecular complexity index is 851. The molecule has 7 nitrogen and oxygen atoms in total. The number of aryl methyl sites for hydroxylation is 1. The Balaban J connectivity index is 1.70. The summed E-state index contributed by atoms with van der Waals surface area (Å²) in [7, 11) is 3.09. The summed E-state index contributed by atoms with van der Waals surface area (Å²) in [6, 6.07) is 11.9. The van der Waals surface area contributed by atoms with Crippen LogP contribution in [-0.2, 0) is 4.79 Å². The van der Waals surface area contributed by atoms with Gasteiger partial charge in [0.25, 0.3) is 0 Å². The van der Waals surface area contributed by atoms with E-state index < -0.39 is 6.04 Å². The summed E-state index contributed by atoms with van der Waals surface area (Å²) in [5.41, 5.74) is 2.33. The Morgan fingerprint density at radius 1 is 1.04 bits per heavy atom. The Labute approximate surface area is 164 Å². The van der Waals surface area contributed by atoms with Gasteiger partial charge in [0.1, 0.15) is 17.5 Å². The van der Waals surface area contributed by atoms with E-state index in [2.05, 4.69) is 10.6 Å². The number of carbonyl (C=O) groups is 2. The van der Waals surface area contributed by atoms with Crippen LogP contribution in [0.2, 0.25) is 0 Å². The monoisotopic (exact) mass is 383 g/mol. The van der Waals surface area contributed by atoms with Crippen molar-refractivity contribution < 1.29 is 19.1 Å². The smallest absolute Gasteiger partial charge is 0.322 e. The molecule has 2 aromatic rings. The number of methoxy groups -OCH3 is 2. The van der Waals surface area contributed by atoms with E-state index >= 15 is 0 Å². The van der Waals surface area contributed by atoms with Crippen LogP contribution in [-0.4, -0.2) is 43.6 Å². The summed E-state index contributed by atoms with van der Waals surface area (Å²) in [5, 5.41) is 5.73. The van der Waals surface area contributed by atoms with Gasteiger partial charge in [-0.2, -0.15) is 0 Å². The molecule has 0 bridgehead atoms. The molecule has 7 heteroatoms. The fourth-order valence-electron chi connectivity index (χ4n) is 3.24. The number of hydrogen-bond acceptors (Lipinski definition) is 4. The molecule has 1 atom stereocenters. The molecule has 28 heavy (non-hydrogen) atoms. The largest absolute Gasteiger partial charge is 0.497 e. The van der Waals surface area contributed by atoms with Crippen LogP contribution in [0.25, 0.3) is 0 Å². The Morgan fingerprint density at radius 3 is 2.46 bits per heavy atom. The molecule has 0 spiro atoms. The molecule has 0 aliphatic carbocycles. The van der Waals surface area contributed by atoms with Gasteiger partial charge >= 0.3 is 6.03 Å². The third-order valence-electron chi connectivity index (χ3n) is 4.78. The zero-order chi connectivity index (χ0) is 20.1. The highest BCUT2D eigenvalue weighted by Gasteiger charge is 2.34. The van der Waals surface area contributed by atoms with E-state index in [1.807, 2.05) is 31.2 Å². The number of amides is 3. The molecule has 0 saturated carbocycles. The number of hydrogen-bond donors (Lipinski definition) is 2. The van der Waals surface area contributed by atoms with Gasteiger partial charge in [0, 0.05) is 18.3 Å². The van der Waals surface area contributed by atoms with Gasteiger partial charge in [0.05, 0.1) is 19.9 Å². The lowest BCUT2D eigenvalue weighted by Crippen LogP contribution is -2.45. The van der Waals surface area contributed by atoms with Gasteiger partial charge in [-0.05, 0) is 44.0 Å². The number of rotatable bonds is 5. The van der Waals surface area contributed by atoms with Crippen molar-refractivity contribution >= 4 is 23.3 Å². The minimum atomic E-state index is -0.540. The molecule has 1 fully saturated rings. The molecule has 1 aliphatic rings. The van der Waals surface area contributed by atoms with Gasteiger partial charge in [0.2, 0.25) is 5.91 Å². The summed E-state index contributed by atoms with van der Waals surface area (Å²) in [5.74, 6) is 0.891. The summed E-state index contributed by atoms with van der Waals surface area (Å²) < 4.78 is 10.5. The van der Waals surface area contributed by atoms with Crippen molar-refractivity contribution in [1.29, 1.82) is 0 Å². The number of ether oxygens (including phenoxy) is 2. The van der Waals surface area contributed by atoms with E-state index in [0.717, 1.165) is 12.0 Å². The molecule has 0 radical (unpaired) electrons. The quantitative estimate of drug-likeness (QED) is 0.826. The van der Waals surface area contributed by atoms with Crippen molar-refractivity contribution in [3.63, 3.8) is 0 Å². The Hall–Kier alpha value is -3.22. The van der Waals surface area contributed by atoms with Crippen LogP contribution in [0.5, 0.6) is 11.5 Å². The van der Waals surface area contributed by atoms with E-state index in [4.69, 9.17) is 9.47 Å². The summed E-state index contributed by atoms with van der Waals surface area (Å²) in [6.45, 7) is 2.52.